The van der Waals surface area contributed by atoms with Gasteiger partial charge in [0.15, 0.2) is 6.61 Å². The molecule has 0 fully saturated rings. The van der Waals surface area contributed by atoms with Gasteiger partial charge in [0.1, 0.15) is 5.75 Å². The Hall–Kier alpha value is -3.00. The van der Waals surface area contributed by atoms with Crippen LogP contribution in [0.3, 0.4) is 0 Å². The summed E-state index contributed by atoms with van der Waals surface area (Å²) in [6.45, 7) is 3.59. The number of benzene rings is 2. The summed E-state index contributed by atoms with van der Waals surface area (Å²) < 4.78 is 44.0. The number of pyridine rings is 1. The lowest BCUT2D eigenvalue weighted by atomic mass is 10.1. The molecule has 0 aliphatic heterocycles. The molecule has 1 aromatic heterocycles. The Labute approximate surface area is 201 Å². The molecule has 0 aliphatic rings. The first-order chi connectivity index (χ1) is 16.2. The number of rotatable bonds is 10. The third kappa shape index (κ3) is 7.00. The first-order valence-corrected chi connectivity index (χ1v) is 11.8. The summed E-state index contributed by atoms with van der Waals surface area (Å²) in [6.07, 6.45) is -1.46. The molecular weight excluding hydrogens is 463 g/mol. The van der Waals surface area contributed by atoms with Gasteiger partial charge in [-0.05, 0) is 61.4 Å². The van der Waals surface area contributed by atoms with Crippen molar-refractivity contribution < 1.29 is 27.8 Å². The second kappa shape index (κ2) is 11.4. The number of ether oxygens (including phenoxy) is 1. The highest BCUT2D eigenvalue weighted by Gasteiger charge is 2.30. The van der Waals surface area contributed by atoms with Gasteiger partial charge in [0.2, 0.25) is 0 Å². The summed E-state index contributed by atoms with van der Waals surface area (Å²) in [7, 11) is 0. The van der Waals surface area contributed by atoms with Crippen LogP contribution in [0, 0.1) is 6.92 Å². The molecule has 0 saturated carbocycles. The van der Waals surface area contributed by atoms with Gasteiger partial charge in [-0.1, -0.05) is 38.0 Å². The van der Waals surface area contributed by atoms with Crippen molar-refractivity contribution in [3.63, 3.8) is 0 Å². The smallest absolute Gasteiger partial charge is 0.416 e. The van der Waals surface area contributed by atoms with Crippen LogP contribution in [0.2, 0.25) is 0 Å². The number of nitrogens with zero attached hydrogens (tertiary/aromatic N) is 1. The normalized spacial score (nSPS) is 12.4. The molecule has 0 bridgehead atoms. The van der Waals surface area contributed by atoms with Gasteiger partial charge in [-0.2, -0.15) is 13.2 Å². The molecule has 8 heteroatoms. The predicted octanol–water partition coefficient (Wildman–Crippen LogP) is 7.56. The van der Waals surface area contributed by atoms with E-state index in [1.54, 1.807) is 23.9 Å². The fraction of sp³-hybridized carbons (Fsp3) is 0.308. The van der Waals surface area contributed by atoms with Crippen molar-refractivity contribution in [1.29, 1.82) is 0 Å². The second-order valence-electron chi connectivity index (χ2n) is 7.88. The zero-order chi connectivity index (χ0) is 24.7. The molecular formula is C26H26F3NO3S. The van der Waals surface area contributed by atoms with Crippen molar-refractivity contribution in [3.8, 4) is 17.0 Å². The average Bonchev–Trinajstić information content (AvgIpc) is 2.80. The van der Waals surface area contributed by atoms with E-state index in [0.29, 0.717) is 17.0 Å². The number of unbranched alkanes of at least 4 members (excludes halogenated alkanes) is 1. The number of hydrogen-bond donors (Lipinski definition) is 1. The Balaban J connectivity index is 1.83. The van der Waals surface area contributed by atoms with Crippen LogP contribution in [0.25, 0.3) is 11.3 Å². The van der Waals surface area contributed by atoms with Crippen molar-refractivity contribution in [3.05, 3.63) is 77.5 Å². The van der Waals surface area contributed by atoms with Gasteiger partial charge in [-0.25, -0.2) is 4.79 Å². The Morgan fingerprint density at radius 1 is 1.12 bits per heavy atom. The Kier molecular flexibility index (Phi) is 8.61. The average molecular weight is 490 g/mol. The maximum atomic E-state index is 12.9. The van der Waals surface area contributed by atoms with E-state index in [1.807, 2.05) is 31.2 Å². The van der Waals surface area contributed by atoms with E-state index in [2.05, 4.69) is 6.92 Å². The lowest BCUT2D eigenvalue weighted by Crippen LogP contribution is -2.10. The number of alkyl halides is 3. The summed E-state index contributed by atoms with van der Waals surface area (Å²) in [5.41, 5.74) is 2.27. The molecule has 1 heterocycles. The maximum Gasteiger partial charge on any atom is 0.416 e. The van der Waals surface area contributed by atoms with Crippen LogP contribution in [0.1, 0.15) is 48.3 Å². The van der Waals surface area contributed by atoms with E-state index in [-0.39, 0.29) is 5.25 Å². The molecule has 0 saturated heterocycles. The van der Waals surface area contributed by atoms with Crippen LogP contribution in [-0.4, -0.2) is 22.7 Å². The summed E-state index contributed by atoms with van der Waals surface area (Å²) in [5.74, 6) is -0.504. The molecule has 1 N–H and O–H groups in total. The third-order valence-corrected chi connectivity index (χ3v) is 6.49. The molecule has 3 aromatic rings. The molecule has 0 spiro atoms. The van der Waals surface area contributed by atoms with Gasteiger partial charge < -0.3 is 9.84 Å². The maximum absolute atomic E-state index is 12.9. The van der Waals surface area contributed by atoms with Gasteiger partial charge in [-0.3, -0.25) is 4.98 Å². The van der Waals surface area contributed by atoms with Crippen LogP contribution in [0.5, 0.6) is 5.75 Å². The molecule has 2 aromatic carbocycles. The molecule has 1 unspecified atom stereocenters. The summed E-state index contributed by atoms with van der Waals surface area (Å²) in [6, 6.07) is 16.3. The number of aromatic nitrogens is 1. The number of carbonyl (C=O) groups is 1. The second-order valence-corrected chi connectivity index (χ2v) is 9.16. The fourth-order valence-electron chi connectivity index (χ4n) is 3.44. The molecule has 180 valence electrons. The minimum atomic E-state index is -4.37. The van der Waals surface area contributed by atoms with E-state index in [1.165, 1.54) is 12.1 Å². The van der Waals surface area contributed by atoms with Crippen molar-refractivity contribution >= 4 is 17.7 Å². The van der Waals surface area contributed by atoms with E-state index < -0.39 is 24.3 Å². The summed E-state index contributed by atoms with van der Waals surface area (Å²) >= 11 is 1.66. The van der Waals surface area contributed by atoms with Gasteiger partial charge in [-0.15, -0.1) is 11.8 Å². The largest absolute Gasteiger partial charge is 0.482 e. The zero-order valence-corrected chi connectivity index (χ0v) is 19.7. The molecule has 0 radical (unpaired) electrons. The van der Waals surface area contributed by atoms with Gasteiger partial charge in [0, 0.05) is 10.5 Å². The molecule has 0 aliphatic carbocycles. The van der Waals surface area contributed by atoms with Crippen LogP contribution in [-0.2, 0) is 11.0 Å². The SMILES string of the molecule is CCCCC(Sc1ccc(OCC(=O)O)c(C)c1)c1cccc(-c2ccc(C(F)(F)F)cc2)n1. The van der Waals surface area contributed by atoms with E-state index in [9.17, 15) is 18.0 Å². The van der Waals surface area contributed by atoms with Crippen LogP contribution in [0.15, 0.2) is 65.6 Å². The lowest BCUT2D eigenvalue weighted by Gasteiger charge is -2.18. The minimum Gasteiger partial charge on any atom is -0.482 e. The molecule has 4 nitrogen and oxygen atoms in total. The van der Waals surface area contributed by atoms with Crippen LogP contribution >= 0.6 is 11.8 Å². The molecule has 3 rings (SSSR count). The Morgan fingerprint density at radius 3 is 2.47 bits per heavy atom. The number of aliphatic carboxylic acids is 1. The van der Waals surface area contributed by atoms with E-state index >= 15 is 0 Å². The Morgan fingerprint density at radius 2 is 1.85 bits per heavy atom. The quantitative estimate of drug-likeness (QED) is 0.298. The number of hydrogen-bond acceptors (Lipinski definition) is 4. The molecule has 0 amide bonds. The topological polar surface area (TPSA) is 59.4 Å². The van der Waals surface area contributed by atoms with Crippen molar-refractivity contribution in [2.24, 2.45) is 0 Å². The number of thioether (sulfide) groups is 1. The first kappa shape index (κ1) is 25.6. The fourth-order valence-corrected chi connectivity index (χ4v) is 4.70. The van der Waals surface area contributed by atoms with Crippen molar-refractivity contribution in [1.82, 2.24) is 4.98 Å². The standard InChI is InChI=1S/C26H26F3NO3S/c1-3-4-8-24(34-20-13-14-23(17(2)15-20)33-16-25(31)32)22-7-5-6-21(30-22)18-9-11-19(12-10-18)26(27,28)29/h5-7,9-15,24H,3-4,8,16H2,1-2H3,(H,31,32). The summed E-state index contributed by atoms with van der Waals surface area (Å²) in [5, 5.41) is 8.87. The van der Waals surface area contributed by atoms with Gasteiger partial charge in [0.05, 0.1) is 22.2 Å². The highest BCUT2D eigenvalue weighted by Crippen LogP contribution is 2.40. The van der Waals surface area contributed by atoms with Gasteiger partial charge in [0.25, 0.3) is 0 Å². The number of aryl methyl sites for hydroxylation is 1. The van der Waals surface area contributed by atoms with Crippen molar-refractivity contribution in [2.45, 2.75) is 49.4 Å². The highest BCUT2D eigenvalue weighted by molar-refractivity contribution is 7.99. The number of carboxylic acids is 1. The number of carboxylic acid groups (broad SMARTS) is 1. The zero-order valence-electron chi connectivity index (χ0n) is 18.9. The van der Waals surface area contributed by atoms with E-state index in [0.717, 1.165) is 47.5 Å². The van der Waals surface area contributed by atoms with Crippen LogP contribution < -0.4 is 4.74 Å². The number of halogens is 3. The van der Waals surface area contributed by atoms with Crippen LogP contribution in [0.4, 0.5) is 13.2 Å². The molecule has 1 atom stereocenters. The van der Waals surface area contributed by atoms with E-state index in [4.69, 9.17) is 14.8 Å². The first-order valence-electron chi connectivity index (χ1n) is 10.9. The predicted molar refractivity (Wildman–Crippen MR) is 127 cm³/mol. The molecule has 34 heavy (non-hydrogen) atoms. The lowest BCUT2D eigenvalue weighted by molar-refractivity contribution is -0.139. The van der Waals surface area contributed by atoms with Crippen molar-refractivity contribution in [2.75, 3.05) is 6.61 Å². The summed E-state index contributed by atoms with van der Waals surface area (Å²) in [4.78, 5) is 16.5. The Bertz CT molecular complexity index is 1120. The minimum absolute atomic E-state index is 0.0551. The highest BCUT2D eigenvalue weighted by atomic mass is 32.2. The third-order valence-electron chi connectivity index (χ3n) is 5.20. The monoisotopic (exact) mass is 489 g/mol. The van der Waals surface area contributed by atoms with Gasteiger partial charge >= 0.3 is 12.1 Å².